The van der Waals surface area contributed by atoms with Gasteiger partial charge in [0.15, 0.2) is 0 Å². The van der Waals surface area contributed by atoms with Gasteiger partial charge >= 0.3 is 5.97 Å². The summed E-state index contributed by atoms with van der Waals surface area (Å²) in [6, 6.07) is 0. The van der Waals surface area contributed by atoms with Gasteiger partial charge in [-0.1, -0.05) is 70.8 Å². The highest BCUT2D eigenvalue weighted by Crippen LogP contribution is 2.13. The second kappa shape index (κ2) is 15.6. The third kappa shape index (κ3) is 17.1. The molecule has 0 aliphatic carbocycles. The van der Waals surface area contributed by atoms with Crippen molar-refractivity contribution >= 4 is 5.97 Å². The Labute approximate surface area is 130 Å². The van der Waals surface area contributed by atoms with Crippen molar-refractivity contribution in [1.82, 2.24) is 0 Å². The molecule has 0 amide bonds. The van der Waals surface area contributed by atoms with Gasteiger partial charge < -0.3 is 10.2 Å². The second-order valence-corrected chi connectivity index (χ2v) is 5.94. The van der Waals surface area contributed by atoms with Crippen LogP contribution in [0.2, 0.25) is 0 Å². The summed E-state index contributed by atoms with van der Waals surface area (Å²) in [4.78, 5) is 10.3. The molecule has 0 aromatic carbocycles. The molecule has 0 aromatic rings. The molecule has 0 saturated heterocycles. The Balaban J connectivity index is 3.19. The SMILES string of the molecule is CCCCCC[C@@H](O)CCCCCCCCC=CC(=O)O. The number of allylic oxidation sites excluding steroid dienone is 1. The van der Waals surface area contributed by atoms with Gasteiger partial charge in [-0.3, -0.25) is 0 Å². The van der Waals surface area contributed by atoms with Crippen molar-refractivity contribution in [3.63, 3.8) is 0 Å². The Hall–Kier alpha value is -0.830. The Kier molecular flexibility index (Phi) is 14.9. The molecule has 124 valence electrons. The minimum atomic E-state index is -0.858. The van der Waals surface area contributed by atoms with Crippen LogP contribution in [-0.2, 0) is 4.79 Å². The fraction of sp³-hybridized carbons (Fsp3) is 0.833. The van der Waals surface area contributed by atoms with Gasteiger partial charge in [0, 0.05) is 6.08 Å². The molecular weight excluding hydrogens is 264 g/mol. The van der Waals surface area contributed by atoms with E-state index in [0.717, 1.165) is 32.1 Å². The van der Waals surface area contributed by atoms with Gasteiger partial charge in [-0.2, -0.15) is 0 Å². The zero-order valence-electron chi connectivity index (χ0n) is 13.7. The number of hydrogen-bond donors (Lipinski definition) is 2. The van der Waals surface area contributed by atoms with Crippen LogP contribution in [0, 0.1) is 0 Å². The molecule has 2 N–H and O–H groups in total. The van der Waals surface area contributed by atoms with E-state index in [1.165, 1.54) is 57.4 Å². The zero-order chi connectivity index (χ0) is 15.8. The number of hydrogen-bond acceptors (Lipinski definition) is 2. The highest BCUT2D eigenvalue weighted by molar-refractivity contribution is 5.79. The van der Waals surface area contributed by atoms with E-state index in [2.05, 4.69) is 6.92 Å². The summed E-state index contributed by atoms with van der Waals surface area (Å²) >= 11 is 0. The fourth-order valence-corrected chi connectivity index (χ4v) is 2.48. The highest BCUT2D eigenvalue weighted by Gasteiger charge is 2.03. The minimum Gasteiger partial charge on any atom is -0.478 e. The third-order valence-electron chi connectivity index (χ3n) is 3.81. The number of carbonyl (C=O) groups is 1. The number of carboxylic acid groups (broad SMARTS) is 1. The fourth-order valence-electron chi connectivity index (χ4n) is 2.48. The lowest BCUT2D eigenvalue weighted by Crippen LogP contribution is -2.05. The van der Waals surface area contributed by atoms with E-state index in [0.29, 0.717) is 0 Å². The van der Waals surface area contributed by atoms with Gasteiger partial charge in [0.2, 0.25) is 0 Å². The largest absolute Gasteiger partial charge is 0.478 e. The summed E-state index contributed by atoms with van der Waals surface area (Å²) in [5, 5.41) is 18.3. The van der Waals surface area contributed by atoms with Crippen molar-refractivity contribution in [3.05, 3.63) is 12.2 Å². The topological polar surface area (TPSA) is 57.5 Å². The quantitative estimate of drug-likeness (QED) is 0.327. The first kappa shape index (κ1) is 20.2. The van der Waals surface area contributed by atoms with Crippen LogP contribution in [0.3, 0.4) is 0 Å². The Morgan fingerprint density at radius 3 is 2.00 bits per heavy atom. The van der Waals surface area contributed by atoms with Crippen LogP contribution >= 0.6 is 0 Å². The maximum Gasteiger partial charge on any atom is 0.327 e. The van der Waals surface area contributed by atoms with Crippen molar-refractivity contribution < 1.29 is 15.0 Å². The van der Waals surface area contributed by atoms with Crippen LogP contribution in [-0.4, -0.2) is 22.3 Å². The average Bonchev–Trinajstić information content (AvgIpc) is 2.45. The summed E-state index contributed by atoms with van der Waals surface area (Å²) < 4.78 is 0. The van der Waals surface area contributed by atoms with Crippen LogP contribution in [0.4, 0.5) is 0 Å². The van der Waals surface area contributed by atoms with E-state index in [4.69, 9.17) is 5.11 Å². The third-order valence-corrected chi connectivity index (χ3v) is 3.81. The summed E-state index contributed by atoms with van der Waals surface area (Å²) in [6.45, 7) is 2.21. The van der Waals surface area contributed by atoms with Crippen LogP contribution in [0.15, 0.2) is 12.2 Å². The molecule has 0 rings (SSSR count). The van der Waals surface area contributed by atoms with Crippen molar-refractivity contribution in [2.75, 3.05) is 0 Å². The van der Waals surface area contributed by atoms with Crippen LogP contribution in [0.5, 0.6) is 0 Å². The lowest BCUT2D eigenvalue weighted by molar-refractivity contribution is -0.131. The first-order chi connectivity index (χ1) is 10.2. The molecule has 0 spiro atoms. The van der Waals surface area contributed by atoms with Crippen LogP contribution in [0.25, 0.3) is 0 Å². The van der Waals surface area contributed by atoms with E-state index in [1.807, 2.05) is 0 Å². The molecule has 0 aromatic heterocycles. The summed E-state index contributed by atoms with van der Waals surface area (Å²) in [5.41, 5.74) is 0. The Bertz CT molecular complexity index is 261. The predicted molar refractivity (Wildman–Crippen MR) is 88.5 cm³/mol. The molecule has 0 saturated carbocycles. The number of rotatable bonds is 15. The number of carboxylic acids is 1. The summed E-state index contributed by atoms with van der Waals surface area (Å²) in [5.74, 6) is -0.858. The predicted octanol–water partition coefficient (Wildman–Crippen LogP) is 5.08. The zero-order valence-corrected chi connectivity index (χ0v) is 13.7. The number of aliphatic hydroxyl groups excluding tert-OH is 1. The highest BCUT2D eigenvalue weighted by atomic mass is 16.4. The monoisotopic (exact) mass is 298 g/mol. The van der Waals surface area contributed by atoms with Gasteiger partial charge in [0.05, 0.1) is 6.10 Å². The number of aliphatic carboxylic acids is 1. The van der Waals surface area contributed by atoms with E-state index < -0.39 is 5.97 Å². The smallest absolute Gasteiger partial charge is 0.327 e. The Morgan fingerprint density at radius 2 is 1.43 bits per heavy atom. The average molecular weight is 298 g/mol. The van der Waals surface area contributed by atoms with Crippen LogP contribution in [0.1, 0.15) is 90.4 Å². The molecule has 0 radical (unpaired) electrons. The molecule has 0 unspecified atom stereocenters. The van der Waals surface area contributed by atoms with Crippen molar-refractivity contribution in [3.8, 4) is 0 Å². The van der Waals surface area contributed by atoms with Gasteiger partial charge in [0.1, 0.15) is 0 Å². The molecular formula is C18H34O3. The van der Waals surface area contributed by atoms with E-state index in [-0.39, 0.29) is 6.10 Å². The van der Waals surface area contributed by atoms with Crippen molar-refractivity contribution in [2.45, 2.75) is 96.5 Å². The second-order valence-electron chi connectivity index (χ2n) is 5.94. The summed E-state index contributed by atoms with van der Waals surface area (Å²) in [7, 11) is 0. The van der Waals surface area contributed by atoms with Gasteiger partial charge in [-0.25, -0.2) is 4.79 Å². The van der Waals surface area contributed by atoms with E-state index in [1.54, 1.807) is 6.08 Å². The minimum absolute atomic E-state index is 0.0944. The molecule has 3 nitrogen and oxygen atoms in total. The molecule has 21 heavy (non-hydrogen) atoms. The molecule has 3 heteroatoms. The first-order valence-electron chi connectivity index (χ1n) is 8.74. The molecule has 0 fully saturated rings. The van der Waals surface area contributed by atoms with Crippen molar-refractivity contribution in [2.24, 2.45) is 0 Å². The standard InChI is InChI=1S/C18H34O3/c1-2-3-4-11-14-17(19)15-12-9-7-5-6-8-10-13-16-18(20)21/h13,16-17,19H,2-12,14-15H2,1H3,(H,20,21)/t17-/m1/s1. The normalized spacial score (nSPS) is 12.9. The summed E-state index contributed by atoms with van der Waals surface area (Å²) in [6.07, 6.45) is 17.6. The van der Waals surface area contributed by atoms with Crippen LogP contribution < -0.4 is 0 Å². The molecule has 0 heterocycles. The maximum atomic E-state index is 10.3. The van der Waals surface area contributed by atoms with Gasteiger partial charge in [-0.05, 0) is 25.7 Å². The van der Waals surface area contributed by atoms with Gasteiger partial charge in [0.25, 0.3) is 0 Å². The van der Waals surface area contributed by atoms with Gasteiger partial charge in [-0.15, -0.1) is 0 Å². The Morgan fingerprint density at radius 1 is 0.905 bits per heavy atom. The lowest BCUT2D eigenvalue weighted by Gasteiger charge is -2.09. The van der Waals surface area contributed by atoms with E-state index in [9.17, 15) is 9.90 Å². The molecule has 1 atom stereocenters. The first-order valence-corrected chi connectivity index (χ1v) is 8.74. The van der Waals surface area contributed by atoms with E-state index >= 15 is 0 Å². The van der Waals surface area contributed by atoms with Crippen molar-refractivity contribution in [1.29, 1.82) is 0 Å². The number of unbranched alkanes of at least 4 members (excludes halogenated alkanes) is 9. The number of aliphatic hydroxyl groups is 1. The maximum absolute atomic E-state index is 10.3. The lowest BCUT2D eigenvalue weighted by atomic mass is 10.0. The molecule has 0 bridgehead atoms. The molecule has 0 aliphatic rings. The molecule has 0 aliphatic heterocycles.